The van der Waals surface area contributed by atoms with E-state index < -0.39 is 0 Å². The van der Waals surface area contributed by atoms with E-state index in [0.29, 0.717) is 5.92 Å². The van der Waals surface area contributed by atoms with Crippen molar-refractivity contribution in [3.63, 3.8) is 0 Å². The van der Waals surface area contributed by atoms with Gasteiger partial charge in [0.05, 0.1) is 6.54 Å². The summed E-state index contributed by atoms with van der Waals surface area (Å²) in [6.07, 6.45) is 2.29. The van der Waals surface area contributed by atoms with E-state index in [1.54, 1.807) is 0 Å². The molecule has 0 saturated heterocycles. The van der Waals surface area contributed by atoms with Gasteiger partial charge in [-0.1, -0.05) is 39.0 Å². The molecule has 104 valence electrons. The number of para-hydroxylation sites is 1. The second-order valence-electron chi connectivity index (χ2n) is 5.36. The molecule has 0 aliphatic heterocycles. The molecule has 2 rings (SSSR count). The molecular formula is C17H25NO. The molecule has 2 aromatic rings. The molecule has 1 aromatic carbocycles. The lowest BCUT2D eigenvalue weighted by atomic mass is 9.96. The van der Waals surface area contributed by atoms with Gasteiger partial charge in [-0.15, -0.1) is 0 Å². The minimum absolute atomic E-state index is 0.547. The molecule has 1 atom stereocenters. The van der Waals surface area contributed by atoms with Crippen LogP contribution in [0.3, 0.4) is 0 Å². The van der Waals surface area contributed by atoms with Crippen molar-refractivity contribution in [3.05, 3.63) is 35.1 Å². The first-order valence-corrected chi connectivity index (χ1v) is 7.40. The van der Waals surface area contributed by atoms with Gasteiger partial charge >= 0.3 is 0 Å². The molecule has 0 radical (unpaired) electrons. The fourth-order valence-electron chi connectivity index (χ4n) is 2.47. The predicted molar refractivity (Wildman–Crippen MR) is 81.7 cm³/mol. The lowest BCUT2D eigenvalue weighted by Crippen LogP contribution is -2.13. The molecule has 1 heterocycles. The van der Waals surface area contributed by atoms with Crippen molar-refractivity contribution in [2.75, 3.05) is 6.54 Å². The van der Waals surface area contributed by atoms with Gasteiger partial charge in [-0.25, -0.2) is 0 Å². The van der Waals surface area contributed by atoms with Crippen LogP contribution in [0.2, 0.25) is 0 Å². The van der Waals surface area contributed by atoms with Crippen molar-refractivity contribution < 1.29 is 4.42 Å². The number of fused-ring (bicyclic) bond motifs is 1. The number of benzene rings is 1. The highest BCUT2D eigenvalue weighted by Crippen LogP contribution is 2.32. The maximum Gasteiger partial charge on any atom is 0.138 e. The van der Waals surface area contributed by atoms with Gasteiger partial charge in [0.15, 0.2) is 0 Å². The lowest BCUT2D eigenvalue weighted by Gasteiger charge is -2.08. The van der Waals surface area contributed by atoms with E-state index >= 15 is 0 Å². The van der Waals surface area contributed by atoms with Crippen LogP contribution in [0.25, 0.3) is 11.0 Å². The summed E-state index contributed by atoms with van der Waals surface area (Å²) in [5.74, 6) is 1.63. The van der Waals surface area contributed by atoms with Gasteiger partial charge in [-0.05, 0) is 43.4 Å². The summed E-state index contributed by atoms with van der Waals surface area (Å²) in [5.41, 5.74) is 3.70. The molecule has 0 aliphatic carbocycles. The number of hydrogen-bond acceptors (Lipinski definition) is 2. The highest BCUT2D eigenvalue weighted by Gasteiger charge is 2.15. The van der Waals surface area contributed by atoms with Crippen LogP contribution in [0.5, 0.6) is 0 Å². The number of rotatable bonds is 6. The van der Waals surface area contributed by atoms with Crippen molar-refractivity contribution >= 4 is 11.0 Å². The minimum atomic E-state index is 0.547. The summed E-state index contributed by atoms with van der Waals surface area (Å²) < 4.78 is 6.14. The Labute approximate surface area is 116 Å². The molecule has 0 amide bonds. The Hall–Kier alpha value is -1.28. The second-order valence-corrected chi connectivity index (χ2v) is 5.36. The van der Waals surface area contributed by atoms with Crippen LogP contribution < -0.4 is 5.32 Å². The standard InChI is InChI=1S/C17H25NO/c1-5-10-18-11-16-13(4)15-9-7-8-14(12(3)6-2)17(15)19-16/h7-9,12,18H,5-6,10-11H2,1-4H3. The molecule has 1 aromatic heterocycles. The molecule has 2 heteroatoms. The number of nitrogens with one attached hydrogen (secondary N) is 1. The smallest absolute Gasteiger partial charge is 0.138 e. The van der Waals surface area contributed by atoms with Crippen molar-refractivity contribution in [1.82, 2.24) is 5.32 Å². The zero-order valence-corrected chi connectivity index (χ0v) is 12.5. The summed E-state index contributed by atoms with van der Waals surface area (Å²) in [7, 11) is 0. The number of aryl methyl sites for hydroxylation is 1. The van der Waals surface area contributed by atoms with Crippen molar-refractivity contribution in [2.45, 2.75) is 53.0 Å². The maximum absolute atomic E-state index is 6.14. The summed E-state index contributed by atoms with van der Waals surface area (Å²) in [6.45, 7) is 10.7. The topological polar surface area (TPSA) is 25.2 Å². The third-order valence-electron chi connectivity index (χ3n) is 3.95. The molecule has 0 aliphatic rings. The van der Waals surface area contributed by atoms with E-state index in [2.05, 4.69) is 51.2 Å². The molecule has 2 nitrogen and oxygen atoms in total. The summed E-state index contributed by atoms with van der Waals surface area (Å²) >= 11 is 0. The molecule has 0 fully saturated rings. The van der Waals surface area contributed by atoms with E-state index in [9.17, 15) is 0 Å². The van der Waals surface area contributed by atoms with Gasteiger partial charge in [0.1, 0.15) is 11.3 Å². The Balaban J connectivity index is 2.38. The van der Waals surface area contributed by atoms with Crippen molar-refractivity contribution in [3.8, 4) is 0 Å². The van der Waals surface area contributed by atoms with Gasteiger partial charge in [0.25, 0.3) is 0 Å². The van der Waals surface area contributed by atoms with E-state index in [0.717, 1.165) is 37.3 Å². The van der Waals surface area contributed by atoms with Crippen LogP contribution in [0.1, 0.15) is 56.4 Å². The monoisotopic (exact) mass is 259 g/mol. The van der Waals surface area contributed by atoms with Gasteiger partial charge in [-0.3, -0.25) is 0 Å². The third-order valence-corrected chi connectivity index (χ3v) is 3.95. The Kier molecular flexibility index (Phi) is 4.65. The molecule has 19 heavy (non-hydrogen) atoms. The normalized spacial score (nSPS) is 13.1. The highest BCUT2D eigenvalue weighted by molar-refractivity contribution is 5.85. The largest absolute Gasteiger partial charge is 0.459 e. The Bertz CT molecular complexity index is 541. The molecule has 0 saturated carbocycles. The van der Waals surface area contributed by atoms with Gasteiger partial charge in [0, 0.05) is 5.39 Å². The quantitative estimate of drug-likeness (QED) is 0.757. The zero-order chi connectivity index (χ0) is 13.8. The maximum atomic E-state index is 6.14. The Morgan fingerprint density at radius 2 is 2.05 bits per heavy atom. The first-order valence-electron chi connectivity index (χ1n) is 7.40. The second kappa shape index (κ2) is 6.25. The van der Waals surface area contributed by atoms with E-state index in [4.69, 9.17) is 4.42 Å². The first kappa shape index (κ1) is 14.1. The molecular weight excluding hydrogens is 234 g/mol. The number of furan rings is 1. The van der Waals surface area contributed by atoms with Crippen LogP contribution in [0, 0.1) is 6.92 Å². The van der Waals surface area contributed by atoms with Crippen molar-refractivity contribution in [2.24, 2.45) is 0 Å². The minimum Gasteiger partial charge on any atom is -0.459 e. The predicted octanol–water partition coefficient (Wildman–Crippen LogP) is 4.75. The van der Waals surface area contributed by atoms with Gasteiger partial charge in [0.2, 0.25) is 0 Å². The van der Waals surface area contributed by atoms with Gasteiger partial charge in [-0.2, -0.15) is 0 Å². The van der Waals surface area contributed by atoms with Crippen LogP contribution in [0.15, 0.2) is 22.6 Å². The summed E-state index contributed by atoms with van der Waals surface area (Å²) in [4.78, 5) is 0. The summed E-state index contributed by atoms with van der Waals surface area (Å²) in [5, 5.41) is 4.69. The number of hydrogen-bond donors (Lipinski definition) is 1. The van der Waals surface area contributed by atoms with Crippen LogP contribution in [-0.4, -0.2) is 6.54 Å². The van der Waals surface area contributed by atoms with Crippen LogP contribution in [0.4, 0.5) is 0 Å². The Morgan fingerprint density at radius 1 is 1.26 bits per heavy atom. The van der Waals surface area contributed by atoms with E-state index in [-0.39, 0.29) is 0 Å². The fraction of sp³-hybridized carbons (Fsp3) is 0.529. The highest BCUT2D eigenvalue weighted by atomic mass is 16.3. The van der Waals surface area contributed by atoms with Crippen LogP contribution in [-0.2, 0) is 6.54 Å². The summed E-state index contributed by atoms with van der Waals surface area (Å²) in [6, 6.07) is 6.52. The average Bonchev–Trinajstić information content (AvgIpc) is 2.75. The SMILES string of the molecule is CCCNCc1oc2c(C(C)CC)cccc2c1C. The molecule has 1 N–H and O–H groups in total. The molecule has 0 bridgehead atoms. The lowest BCUT2D eigenvalue weighted by molar-refractivity contribution is 0.505. The van der Waals surface area contributed by atoms with Crippen LogP contribution >= 0.6 is 0 Å². The van der Waals surface area contributed by atoms with Crippen molar-refractivity contribution in [1.29, 1.82) is 0 Å². The Morgan fingerprint density at radius 3 is 2.74 bits per heavy atom. The first-order chi connectivity index (χ1) is 9.19. The van der Waals surface area contributed by atoms with E-state index in [1.807, 2.05) is 0 Å². The fourth-order valence-corrected chi connectivity index (χ4v) is 2.47. The average molecular weight is 259 g/mol. The molecule has 1 unspecified atom stereocenters. The molecule has 0 spiro atoms. The van der Waals surface area contributed by atoms with Gasteiger partial charge < -0.3 is 9.73 Å². The zero-order valence-electron chi connectivity index (χ0n) is 12.5. The third kappa shape index (κ3) is 2.84. The van der Waals surface area contributed by atoms with E-state index in [1.165, 1.54) is 16.5 Å².